The number of hydrogen-bond acceptors (Lipinski definition) is 2. The zero-order chi connectivity index (χ0) is 9.26. The van der Waals surface area contributed by atoms with Crippen LogP contribution in [0.2, 0.25) is 0 Å². The summed E-state index contributed by atoms with van der Waals surface area (Å²) in [4.78, 5) is 11.3. The number of rotatable bonds is 2. The van der Waals surface area contributed by atoms with Gasteiger partial charge in [0, 0.05) is 12.2 Å². The first kappa shape index (κ1) is 8.31. The minimum Gasteiger partial charge on any atom is -0.340 e. The molecule has 4 nitrogen and oxygen atoms in total. The van der Waals surface area contributed by atoms with E-state index in [1.54, 1.807) is 6.07 Å². The van der Waals surface area contributed by atoms with E-state index in [-0.39, 0.29) is 5.91 Å². The summed E-state index contributed by atoms with van der Waals surface area (Å²) in [6.45, 7) is 0. The topological polar surface area (TPSA) is 60.0 Å². The maximum absolute atomic E-state index is 11.3. The number of carbonyl (C=O) groups excluding carboxylic acids is 1. The molecular formula is C9H13N3O. The van der Waals surface area contributed by atoms with E-state index in [0.717, 1.165) is 0 Å². The van der Waals surface area contributed by atoms with E-state index >= 15 is 0 Å². The molecule has 1 aromatic rings. The first-order chi connectivity index (χ1) is 6.33. The van der Waals surface area contributed by atoms with Gasteiger partial charge in [-0.3, -0.25) is 10.2 Å². The lowest BCUT2D eigenvalue weighted by molar-refractivity contribution is 0.0938. The zero-order valence-corrected chi connectivity index (χ0v) is 7.36. The lowest BCUT2D eigenvalue weighted by Gasteiger charge is -2.28. The Morgan fingerprint density at radius 1 is 1.62 bits per heavy atom. The molecule has 1 fully saturated rings. The van der Waals surface area contributed by atoms with Crippen LogP contribution in [-0.2, 0) is 0 Å². The van der Waals surface area contributed by atoms with Gasteiger partial charge in [0.2, 0.25) is 0 Å². The average Bonchev–Trinajstić information content (AvgIpc) is 2.49. The second-order valence-corrected chi connectivity index (χ2v) is 3.36. The molecule has 1 aromatic heterocycles. The Bertz CT molecular complexity index is 314. The van der Waals surface area contributed by atoms with Gasteiger partial charge in [-0.1, -0.05) is 0 Å². The van der Waals surface area contributed by atoms with Crippen LogP contribution in [0.5, 0.6) is 0 Å². The van der Waals surface area contributed by atoms with Crippen LogP contribution in [0.15, 0.2) is 18.3 Å². The lowest BCUT2D eigenvalue weighted by Crippen LogP contribution is -2.33. The van der Waals surface area contributed by atoms with Crippen molar-refractivity contribution in [2.24, 2.45) is 5.84 Å². The number of aromatic nitrogens is 1. The number of hydrazine groups is 1. The van der Waals surface area contributed by atoms with Gasteiger partial charge in [0.1, 0.15) is 5.69 Å². The van der Waals surface area contributed by atoms with Crippen molar-refractivity contribution in [1.29, 1.82) is 0 Å². The third kappa shape index (κ3) is 1.33. The molecule has 1 heterocycles. The molecule has 0 aliphatic heterocycles. The van der Waals surface area contributed by atoms with Crippen molar-refractivity contribution in [3.63, 3.8) is 0 Å². The van der Waals surface area contributed by atoms with Gasteiger partial charge in [-0.05, 0) is 31.4 Å². The van der Waals surface area contributed by atoms with Gasteiger partial charge in [-0.25, -0.2) is 5.84 Å². The monoisotopic (exact) mass is 179 g/mol. The summed E-state index contributed by atoms with van der Waals surface area (Å²) in [5.41, 5.74) is 2.81. The minimum absolute atomic E-state index is 0.211. The van der Waals surface area contributed by atoms with Gasteiger partial charge < -0.3 is 4.57 Å². The molecule has 13 heavy (non-hydrogen) atoms. The lowest BCUT2D eigenvalue weighted by atomic mass is 9.93. The van der Waals surface area contributed by atoms with Crippen LogP contribution in [0, 0.1) is 0 Å². The normalized spacial score (nSPS) is 16.7. The van der Waals surface area contributed by atoms with Gasteiger partial charge in [-0.15, -0.1) is 0 Å². The SMILES string of the molecule is NNC(=O)c1cccn1C1CCC1. The molecule has 1 aliphatic carbocycles. The Hall–Kier alpha value is -1.29. The van der Waals surface area contributed by atoms with Crippen LogP contribution in [-0.4, -0.2) is 10.5 Å². The molecule has 70 valence electrons. The Balaban J connectivity index is 2.24. The molecule has 0 unspecified atom stereocenters. The Morgan fingerprint density at radius 2 is 2.38 bits per heavy atom. The summed E-state index contributed by atoms with van der Waals surface area (Å²) in [6, 6.07) is 4.17. The molecule has 3 N–H and O–H groups in total. The van der Waals surface area contributed by atoms with Crippen molar-refractivity contribution in [2.75, 3.05) is 0 Å². The Kier molecular flexibility index (Phi) is 2.06. The maximum atomic E-state index is 11.3. The molecule has 0 atom stereocenters. The van der Waals surface area contributed by atoms with Crippen molar-refractivity contribution in [1.82, 2.24) is 9.99 Å². The number of amides is 1. The largest absolute Gasteiger partial charge is 0.340 e. The van der Waals surface area contributed by atoms with Gasteiger partial charge >= 0.3 is 0 Å². The highest BCUT2D eigenvalue weighted by molar-refractivity contribution is 5.92. The second kappa shape index (κ2) is 3.22. The van der Waals surface area contributed by atoms with E-state index < -0.39 is 0 Å². The Morgan fingerprint density at radius 3 is 2.92 bits per heavy atom. The summed E-state index contributed by atoms with van der Waals surface area (Å²) < 4.78 is 2.01. The molecule has 0 aromatic carbocycles. The standard InChI is InChI=1S/C9H13N3O/c10-11-9(13)8-5-2-6-12(8)7-3-1-4-7/h2,5-7H,1,3-4,10H2,(H,11,13). The van der Waals surface area contributed by atoms with Crippen LogP contribution in [0.25, 0.3) is 0 Å². The third-order valence-corrected chi connectivity index (χ3v) is 2.61. The molecule has 0 saturated heterocycles. The number of nitrogens with zero attached hydrogens (tertiary/aromatic N) is 1. The predicted octanol–water partition coefficient (Wildman–Crippen LogP) is 0.817. The van der Waals surface area contributed by atoms with Crippen molar-refractivity contribution < 1.29 is 4.79 Å². The third-order valence-electron chi connectivity index (χ3n) is 2.61. The number of nitrogen functional groups attached to an aromatic ring is 1. The van der Waals surface area contributed by atoms with E-state index in [1.807, 2.05) is 16.8 Å². The van der Waals surface area contributed by atoms with Gasteiger partial charge in [0.15, 0.2) is 0 Å². The molecule has 1 aliphatic rings. The van der Waals surface area contributed by atoms with Crippen molar-refractivity contribution in [3.8, 4) is 0 Å². The summed E-state index contributed by atoms with van der Waals surface area (Å²) in [5.74, 6) is 4.87. The van der Waals surface area contributed by atoms with Crippen molar-refractivity contribution in [2.45, 2.75) is 25.3 Å². The minimum atomic E-state index is -0.211. The number of hydrogen-bond donors (Lipinski definition) is 2. The average molecular weight is 179 g/mol. The fourth-order valence-electron chi connectivity index (χ4n) is 1.64. The molecule has 2 rings (SSSR count). The van der Waals surface area contributed by atoms with Crippen LogP contribution < -0.4 is 11.3 Å². The van der Waals surface area contributed by atoms with Crippen LogP contribution in [0.4, 0.5) is 0 Å². The summed E-state index contributed by atoms with van der Waals surface area (Å²) in [7, 11) is 0. The van der Waals surface area contributed by atoms with Gasteiger partial charge in [-0.2, -0.15) is 0 Å². The highest BCUT2D eigenvalue weighted by Gasteiger charge is 2.22. The number of nitrogens with one attached hydrogen (secondary N) is 1. The molecule has 1 saturated carbocycles. The predicted molar refractivity (Wildman–Crippen MR) is 49.0 cm³/mol. The smallest absolute Gasteiger partial charge is 0.281 e. The summed E-state index contributed by atoms with van der Waals surface area (Å²) >= 11 is 0. The molecule has 4 heteroatoms. The highest BCUT2D eigenvalue weighted by atomic mass is 16.2. The maximum Gasteiger partial charge on any atom is 0.281 e. The quantitative estimate of drug-likeness (QED) is 0.401. The fourth-order valence-corrected chi connectivity index (χ4v) is 1.64. The van der Waals surface area contributed by atoms with Crippen molar-refractivity contribution in [3.05, 3.63) is 24.0 Å². The van der Waals surface area contributed by atoms with E-state index in [2.05, 4.69) is 5.43 Å². The molecule has 0 bridgehead atoms. The Labute approximate surface area is 76.7 Å². The number of carbonyl (C=O) groups is 1. The van der Waals surface area contributed by atoms with Crippen LogP contribution >= 0.6 is 0 Å². The summed E-state index contributed by atoms with van der Waals surface area (Å²) in [6.07, 6.45) is 5.53. The summed E-state index contributed by atoms with van der Waals surface area (Å²) in [5, 5.41) is 0. The molecular weight excluding hydrogens is 166 g/mol. The molecule has 1 amide bonds. The van der Waals surface area contributed by atoms with Crippen molar-refractivity contribution >= 4 is 5.91 Å². The van der Waals surface area contributed by atoms with E-state index in [0.29, 0.717) is 11.7 Å². The highest BCUT2D eigenvalue weighted by Crippen LogP contribution is 2.32. The first-order valence-corrected chi connectivity index (χ1v) is 4.50. The molecule has 0 spiro atoms. The van der Waals surface area contributed by atoms with Crippen LogP contribution in [0.1, 0.15) is 35.8 Å². The van der Waals surface area contributed by atoms with Gasteiger partial charge in [0.05, 0.1) is 0 Å². The zero-order valence-electron chi connectivity index (χ0n) is 7.36. The fraction of sp³-hybridized carbons (Fsp3) is 0.444. The first-order valence-electron chi connectivity index (χ1n) is 4.50. The van der Waals surface area contributed by atoms with E-state index in [4.69, 9.17) is 5.84 Å². The van der Waals surface area contributed by atoms with E-state index in [1.165, 1.54) is 19.3 Å². The van der Waals surface area contributed by atoms with Gasteiger partial charge in [0.25, 0.3) is 5.91 Å². The number of nitrogens with two attached hydrogens (primary N) is 1. The van der Waals surface area contributed by atoms with E-state index in [9.17, 15) is 4.79 Å². The molecule has 0 radical (unpaired) electrons. The second-order valence-electron chi connectivity index (χ2n) is 3.36. The van der Waals surface area contributed by atoms with Crippen LogP contribution in [0.3, 0.4) is 0 Å².